The van der Waals surface area contributed by atoms with Crippen LogP contribution < -0.4 is 19.8 Å². The van der Waals surface area contributed by atoms with Gasteiger partial charge in [-0.15, -0.1) is 0 Å². The van der Waals surface area contributed by atoms with E-state index in [0.717, 1.165) is 53.5 Å². The molecule has 0 amide bonds. The first-order chi connectivity index (χ1) is 19.6. The zero-order chi connectivity index (χ0) is 29.1. The third-order valence-electron chi connectivity index (χ3n) is 7.16. The Morgan fingerprint density at radius 2 is 1.80 bits per heavy atom. The molecule has 4 heterocycles. The van der Waals surface area contributed by atoms with Crippen molar-refractivity contribution in [3.63, 3.8) is 0 Å². The number of benzene rings is 1. The van der Waals surface area contributed by atoms with Gasteiger partial charge in [0.2, 0.25) is 16.0 Å². The fourth-order valence-corrected chi connectivity index (χ4v) is 7.12. The predicted molar refractivity (Wildman–Crippen MR) is 160 cm³/mol. The molecular formula is C27H35N7O5S2. The summed E-state index contributed by atoms with van der Waals surface area (Å²) >= 11 is 1.04. The minimum Gasteiger partial charge on any atom is -0.477 e. The summed E-state index contributed by atoms with van der Waals surface area (Å²) in [6.07, 6.45) is 3.29. The second kappa shape index (κ2) is 12.2. The Morgan fingerprint density at radius 3 is 2.46 bits per heavy atom. The first kappa shape index (κ1) is 29.0. The number of nitrogens with zero attached hydrogens (tertiary/aromatic N) is 5. The molecule has 4 N–H and O–H groups in total. The molecule has 1 fully saturated rings. The summed E-state index contributed by atoms with van der Waals surface area (Å²) in [4.78, 5) is 30.2. The van der Waals surface area contributed by atoms with Gasteiger partial charge in [0.1, 0.15) is 16.5 Å². The lowest BCUT2D eigenvalue weighted by molar-refractivity contribution is 0.0701. The highest BCUT2D eigenvalue weighted by Crippen LogP contribution is 2.36. The smallest absolute Gasteiger partial charge is 0.347 e. The fraction of sp³-hybridized carbons (Fsp3) is 0.481. The molecule has 14 heteroatoms. The van der Waals surface area contributed by atoms with Crippen molar-refractivity contribution in [2.75, 3.05) is 45.2 Å². The number of aryl methyl sites for hydroxylation is 1. The molecule has 0 atom stereocenters. The van der Waals surface area contributed by atoms with Crippen LogP contribution in [0, 0.1) is 6.92 Å². The number of thiazole rings is 1. The van der Waals surface area contributed by atoms with E-state index in [4.69, 9.17) is 9.97 Å². The number of aliphatic hydroxyl groups excluding tert-OH is 1. The number of carbonyl (C=O) groups is 1. The monoisotopic (exact) mass is 601 g/mol. The number of carboxylic acid groups (broad SMARTS) is 1. The molecule has 1 aromatic carbocycles. The highest BCUT2D eigenvalue weighted by Gasteiger charge is 2.29. The van der Waals surface area contributed by atoms with Crippen LogP contribution in [0.5, 0.6) is 0 Å². The Balaban J connectivity index is 1.44. The van der Waals surface area contributed by atoms with Gasteiger partial charge in [-0.25, -0.2) is 18.2 Å². The molecule has 0 spiro atoms. The molecule has 12 nitrogen and oxygen atoms in total. The number of piperidine rings is 1. The van der Waals surface area contributed by atoms with E-state index < -0.39 is 16.0 Å². The molecule has 0 bridgehead atoms. The number of sulfonamides is 1. The maximum Gasteiger partial charge on any atom is 0.347 e. The van der Waals surface area contributed by atoms with Crippen LogP contribution in [0.25, 0.3) is 0 Å². The lowest BCUT2D eigenvalue weighted by Crippen LogP contribution is -2.38. The van der Waals surface area contributed by atoms with Crippen molar-refractivity contribution in [1.29, 1.82) is 0 Å². The van der Waals surface area contributed by atoms with E-state index >= 15 is 0 Å². The van der Waals surface area contributed by atoms with Gasteiger partial charge in [-0.2, -0.15) is 9.97 Å². The van der Waals surface area contributed by atoms with Crippen LogP contribution in [0.3, 0.4) is 0 Å². The van der Waals surface area contributed by atoms with Crippen LogP contribution in [-0.2, 0) is 23.0 Å². The molecule has 0 saturated carbocycles. The fourth-order valence-electron chi connectivity index (χ4n) is 5.19. The van der Waals surface area contributed by atoms with Gasteiger partial charge >= 0.3 is 5.97 Å². The van der Waals surface area contributed by atoms with Crippen LogP contribution in [0.1, 0.15) is 59.1 Å². The van der Waals surface area contributed by atoms with E-state index in [-0.39, 0.29) is 16.7 Å². The van der Waals surface area contributed by atoms with Crippen molar-refractivity contribution >= 4 is 55.7 Å². The summed E-state index contributed by atoms with van der Waals surface area (Å²) < 4.78 is 26.9. The van der Waals surface area contributed by atoms with Crippen molar-refractivity contribution in [2.45, 2.75) is 58.6 Å². The summed E-state index contributed by atoms with van der Waals surface area (Å²) in [5, 5.41) is 23.1. The average Bonchev–Trinajstić information content (AvgIpc) is 3.30. The molecule has 2 aliphatic rings. The van der Waals surface area contributed by atoms with E-state index in [2.05, 4.69) is 24.8 Å². The molecule has 0 unspecified atom stereocenters. The third kappa shape index (κ3) is 6.88. The molecule has 3 aromatic rings. The maximum atomic E-state index is 12.1. The van der Waals surface area contributed by atoms with Gasteiger partial charge in [0.05, 0.1) is 17.6 Å². The highest BCUT2D eigenvalue weighted by molar-refractivity contribution is 7.92. The first-order valence-corrected chi connectivity index (χ1v) is 16.2. The van der Waals surface area contributed by atoms with Crippen LogP contribution in [0.2, 0.25) is 0 Å². The van der Waals surface area contributed by atoms with Crippen molar-refractivity contribution in [1.82, 2.24) is 15.0 Å². The quantitative estimate of drug-likeness (QED) is 0.268. The third-order valence-corrected chi connectivity index (χ3v) is 9.72. The second-order valence-corrected chi connectivity index (χ2v) is 13.2. The Kier molecular flexibility index (Phi) is 8.61. The van der Waals surface area contributed by atoms with E-state index in [1.807, 2.05) is 19.1 Å². The number of rotatable bonds is 10. The maximum absolute atomic E-state index is 12.1. The summed E-state index contributed by atoms with van der Waals surface area (Å²) in [6, 6.07) is 7.37. The highest BCUT2D eigenvalue weighted by atomic mass is 32.2. The largest absolute Gasteiger partial charge is 0.477 e. The summed E-state index contributed by atoms with van der Waals surface area (Å²) in [5.41, 5.74) is 3.01. The van der Waals surface area contributed by atoms with Gasteiger partial charge in [-0.1, -0.05) is 30.4 Å². The number of anilines is 5. The molecule has 1 saturated heterocycles. The topological polar surface area (TPSA) is 161 Å². The van der Waals surface area contributed by atoms with Gasteiger partial charge < -0.3 is 20.0 Å². The Labute approximate surface area is 243 Å². The minimum absolute atomic E-state index is 0.0753. The second-order valence-electron chi connectivity index (χ2n) is 10.4. The summed E-state index contributed by atoms with van der Waals surface area (Å²) in [5.74, 6) is 1.01. The van der Waals surface area contributed by atoms with Gasteiger partial charge in [-0.3, -0.25) is 10.0 Å². The molecule has 41 heavy (non-hydrogen) atoms. The number of aromatic nitrogens is 3. The number of aromatic carboxylic acids is 1. The van der Waals surface area contributed by atoms with Crippen LogP contribution in [0.4, 0.5) is 28.4 Å². The van der Waals surface area contributed by atoms with Gasteiger partial charge in [0, 0.05) is 37.4 Å². The number of hydrogen-bond acceptors (Lipinski definition) is 11. The van der Waals surface area contributed by atoms with E-state index in [0.29, 0.717) is 61.4 Å². The Hall–Kier alpha value is -3.49. The number of carboxylic acids is 1. The van der Waals surface area contributed by atoms with E-state index in [1.165, 1.54) is 0 Å². The molecule has 0 radical (unpaired) electrons. The minimum atomic E-state index is -3.36. The first-order valence-electron chi connectivity index (χ1n) is 13.8. The number of hydrogen-bond donors (Lipinski definition) is 4. The predicted octanol–water partition coefficient (Wildman–Crippen LogP) is 3.75. The molecular weight excluding hydrogens is 566 g/mol. The Bertz CT molecular complexity index is 1500. The van der Waals surface area contributed by atoms with Crippen molar-refractivity contribution < 1.29 is 23.4 Å². The van der Waals surface area contributed by atoms with Crippen molar-refractivity contribution in [2.24, 2.45) is 0 Å². The van der Waals surface area contributed by atoms with Crippen LogP contribution >= 0.6 is 11.3 Å². The standard InChI is InChI=1S/C27H35N7O5S2/c1-3-15-41(38,39)32-19-8-6-18(7-9-19)16-34-12-4-5-21-23(33-13-10-20(35)11-14-33)29-26(30-24(21)34)31-27-28-17(2)22(40-27)25(36)37/h6-9,20,32,35H,3-5,10-16H2,1-2H3,(H,36,37)(H,28,29,30,31). The summed E-state index contributed by atoms with van der Waals surface area (Å²) in [6.45, 7) is 6.20. The average molecular weight is 602 g/mol. The van der Waals surface area contributed by atoms with Gasteiger partial charge in [0.25, 0.3) is 0 Å². The molecule has 5 rings (SSSR count). The molecule has 2 aliphatic heterocycles. The number of aliphatic hydroxyl groups is 1. The van der Waals surface area contributed by atoms with Gasteiger partial charge in [-0.05, 0) is 56.7 Å². The van der Waals surface area contributed by atoms with Gasteiger partial charge in [0.15, 0.2) is 5.13 Å². The van der Waals surface area contributed by atoms with Crippen molar-refractivity contribution in [3.8, 4) is 0 Å². The SMILES string of the molecule is CCCS(=O)(=O)Nc1ccc(CN2CCCc3c(N4CCC(O)CC4)nc(Nc4nc(C)c(C(=O)O)s4)nc32)cc1. The molecule has 2 aromatic heterocycles. The lowest BCUT2D eigenvalue weighted by atomic mass is 10.0. The molecule has 0 aliphatic carbocycles. The van der Waals surface area contributed by atoms with Crippen LogP contribution in [-0.4, -0.2) is 71.0 Å². The molecule has 220 valence electrons. The van der Waals surface area contributed by atoms with E-state index in [9.17, 15) is 23.4 Å². The zero-order valence-corrected chi connectivity index (χ0v) is 24.8. The van der Waals surface area contributed by atoms with Crippen LogP contribution in [0.15, 0.2) is 24.3 Å². The number of nitrogens with one attached hydrogen (secondary N) is 2. The summed E-state index contributed by atoms with van der Waals surface area (Å²) in [7, 11) is -3.36. The van der Waals surface area contributed by atoms with E-state index in [1.54, 1.807) is 19.1 Å². The Morgan fingerprint density at radius 1 is 1.10 bits per heavy atom. The lowest BCUT2D eigenvalue weighted by Gasteiger charge is -2.36. The van der Waals surface area contributed by atoms with Crippen molar-refractivity contribution in [3.05, 3.63) is 46.0 Å². The normalized spacial score (nSPS) is 16.0. The number of fused-ring (bicyclic) bond motifs is 1. The zero-order valence-electron chi connectivity index (χ0n) is 23.1.